The Kier molecular flexibility index (Phi) is 7.08. The highest BCUT2D eigenvalue weighted by Crippen LogP contribution is 2.16. The number of carbonyl (C=O) groups excluding carboxylic acids is 2. The van der Waals surface area contributed by atoms with Crippen molar-refractivity contribution >= 4 is 33.9 Å². The van der Waals surface area contributed by atoms with Crippen LogP contribution in [0.2, 0.25) is 0 Å². The van der Waals surface area contributed by atoms with E-state index in [0.717, 1.165) is 6.08 Å². The van der Waals surface area contributed by atoms with E-state index in [9.17, 15) is 14.0 Å². The van der Waals surface area contributed by atoms with Gasteiger partial charge < -0.3 is 10.1 Å². The minimum absolute atomic E-state index is 0.255. The maximum atomic E-state index is 13.4. The molecule has 114 valence electrons. The molecule has 0 heterocycles. The molecule has 0 saturated heterocycles. The summed E-state index contributed by atoms with van der Waals surface area (Å²) < 4.78 is 18.9. The van der Waals surface area contributed by atoms with Gasteiger partial charge in [0.25, 0.3) is 5.91 Å². The second-order valence-electron chi connectivity index (χ2n) is 4.80. The third-order valence-electron chi connectivity index (χ3n) is 2.41. The van der Waals surface area contributed by atoms with E-state index < -0.39 is 11.8 Å². The van der Waals surface area contributed by atoms with E-state index in [2.05, 4.69) is 21.2 Å². The van der Waals surface area contributed by atoms with Gasteiger partial charge in [-0.3, -0.25) is 4.79 Å². The van der Waals surface area contributed by atoms with Crippen molar-refractivity contribution in [3.63, 3.8) is 0 Å². The predicted octanol–water partition coefficient (Wildman–Crippen LogP) is 2.92. The Balaban J connectivity index is 2.45. The van der Waals surface area contributed by atoms with E-state index in [1.165, 1.54) is 18.2 Å². The lowest BCUT2D eigenvalue weighted by Crippen LogP contribution is -2.31. The van der Waals surface area contributed by atoms with E-state index in [1.807, 2.05) is 13.8 Å². The fraction of sp³-hybridized carbons (Fsp3) is 0.333. The molecule has 0 bridgehead atoms. The minimum Gasteiger partial charge on any atom is -0.452 e. The first kappa shape index (κ1) is 17.4. The molecule has 0 spiro atoms. The summed E-state index contributed by atoms with van der Waals surface area (Å²) in [5, 5.41) is 2.62. The summed E-state index contributed by atoms with van der Waals surface area (Å²) in [5.41, 5.74) is 0.255. The second-order valence-corrected chi connectivity index (χ2v) is 5.72. The third kappa shape index (κ3) is 7.04. The zero-order valence-electron chi connectivity index (χ0n) is 11.9. The van der Waals surface area contributed by atoms with Gasteiger partial charge in [0, 0.05) is 22.7 Å². The molecule has 0 aliphatic heterocycles. The smallest absolute Gasteiger partial charge is 0.331 e. The maximum absolute atomic E-state index is 13.4. The third-order valence-corrected chi connectivity index (χ3v) is 2.90. The van der Waals surface area contributed by atoms with E-state index in [1.54, 1.807) is 6.07 Å². The lowest BCUT2D eigenvalue weighted by molar-refractivity contribution is -0.143. The molecule has 0 aromatic heterocycles. The summed E-state index contributed by atoms with van der Waals surface area (Å²) in [4.78, 5) is 22.8. The average molecular weight is 358 g/mol. The number of benzene rings is 1. The number of hydrogen-bond donors (Lipinski definition) is 1. The van der Waals surface area contributed by atoms with Crippen molar-refractivity contribution in [2.24, 2.45) is 5.92 Å². The Morgan fingerprint density at radius 3 is 2.81 bits per heavy atom. The van der Waals surface area contributed by atoms with Crippen molar-refractivity contribution < 1.29 is 18.7 Å². The molecular weight excluding hydrogens is 341 g/mol. The van der Waals surface area contributed by atoms with Crippen molar-refractivity contribution in [1.82, 2.24) is 5.32 Å². The van der Waals surface area contributed by atoms with E-state index in [-0.39, 0.29) is 18.1 Å². The number of amides is 1. The van der Waals surface area contributed by atoms with Crippen LogP contribution in [0.4, 0.5) is 4.39 Å². The lowest BCUT2D eigenvalue weighted by atomic mass is 10.2. The number of halogens is 2. The Hall–Kier alpha value is -1.69. The SMILES string of the molecule is CC(C)CNC(=O)COC(=O)/C=C/c1cc(Br)ccc1F. The summed E-state index contributed by atoms with van der Waals surface area (Å²) in [6, 6.07) is 4.38. The van der Waals surface area contributed by atoms with Gasteiger partial charge in [-0.1, -0.05) is 29.8 Å². The highest BCUT2D eigenvalue weighted by Gasteiger charge is 2.06. The maximum Gasteiger partial charge on any atom is 0.331 e. The average Bonchev–Trinajstić information content (AvgIpc) is 2.43. The van der Waals surface area contributed by atoms with Crippen molar-refractivity contribution in [1.29, 1.82) is 0 Å². The first-order valence-electron chi connectivity index (χ1n) is 6.45. The number of ether oxygens (including phenoxy) is 1. The molecule has 1 aromatic carbocycles. The number of carbonyl (C=O) groups is 2. The highest BCUT2D eigenvalue weighted by molar-refractivity contribution is 9.10. The normalized spacial score (nSPS) is 10.9. The van der Waals surface area contributed by atoms with Gasteiger partial charge in [0.2, 0.25) is 0 Å². The summed E-state index contributed by atoms with van der Waals surface area (Å²) in [5.74, 6) is -1.19. The van der Waals surface area contributed by atoms with E-state index in [4.69, 9.17) is 4.74 Å². The first-order chi connectivity index (χ1) is 9.88. The second kappa shape index (κ2) is 8.56. The molecule has 1 N–H and O–H groups in total. The number of rotatable bonds is 6. The summed E-state index contributed by atoms with van der Waals surface area (Å²) in [6.45, 7) is 4.09. The molecule has 0 aliphatic rings. The summed E-state index contributed by atoms with van der Waals surface area (Å²) in [7, 11) is 0. The molecule has 1 aromatic rings. The molecule has 0 radical (unpaired) electrons. The van der Waals surface area contributed by atoms with Gasteiger partial charge in [0.15, 0.2) is 6.61 Å². The van der Waals surface area contributed by atoms with E-state index in [0.29, 0.717) is 16.9 Å². The molecule has 1 rings (SSSR count). The Morgan fingerprint density at radius 1 is 1.43 bits per heavy atom. The molecule has 4 nitrogen and oxygen atoms in total. The van der Waals surface area contributed by atoms with Crippen molar-refractivity contribution in [2.75, 3.05) is 13.2 Å². The standard InChI is InChI=1S/C15H17BrFNO3/c1-10(2)8-18-14(19)9-21-15(20)6-3-11-7-12(16)4-5-13(11)17/h3-7,10H,8-9H2,1-2H3,(H,18,19)/b6-3+. The van der Waals surface area contributed by atoms with Crippen molar-refractivity contribution in [2.45, 2.75) is 13.8 Å². The van der Waals surface area contributed by atoms with Gasteiger partial charge in [-0.15, -0.1) is 0 Å². The van der Waals surface area contributed by atoms with Crippen LogP contribution in [0.15, 0.2) is 28.7 Å². The predicted molar refractivity (Wildman–Crippen MR) is 81.9 cm³/mol. The monoisotopic (exact) mass is 357 g/mol. The van der Waals surface area contributed by atoms with Crippen LogP contribution in [-0.4, -0.2) is 25.0 Å². The van der Waals surface area contributed by atoms with Gasteiger partial charge in [-0.05, 0) is 30.2 Å². The quantitative estimate of drug-likeness (QED) is 0.629. The molecule has 21 heavy (non-hydrogen) atoms. The van der Waals surface area contributed by atoms with Crippen LogP contribution >= 0.6 is 15.9 Å². The largest absolute Gasteiger partial charge is 0.452 e. The number of nitrogens with one attached hydrogen (secondary N) is 1. The van der Waals surface area contributed by atoms with Crippen LogP contribution in [-0.2, 0) is 14.3 Å². The van der Waals surface area contributed by atoms with Gasteiger partial charge >= 0.3 is 5.97 Å². The minimum atomic E-state index is -0.700. The van der Waals surface area contributed by atoms with Gasteiger partial charge in [0.05, 0.1) is 0 Å². The van der Waals surface area contributed by atoms with Crippen LogP contribution in [0.25, 0.3) is 6.08 Å². The first-order valence-corrected chi connectivity index (χ1v) is 7.24. The zero-order chi connectivity index (χ0) is 15.8. The van der Waals surface area contributed by atoms with Crippen LogP contribution in [0.3, 0.4) is 0 Å². The Labute approximate surface area is 131 Å². The van der Waals surface area contributed by atoms with E-state index >= 15 is 0 Å². The number of hydrogen-bond acceptors (Lipinski definition) is 3. The molecular formula is C15H17BrFNO3. The Bertz CT molecular complexity index is 544. The summed E-state index contributed by atoms with van der Waals surface area (Å²) in [6.07, 6.45) is 2.38. The lowest BCUT2D eigenvalue weighted by Gasteiger charge is -2.07. The molecule has 0 aliphatic carbocycles. The van der Waals surface area contributed by atoms with Gasteiger partial charge in [-0.25, -0.2) is 9.18 Å². The summed E-state index contributed by atoms with van der Waals surface area (Å²) >= 11 is 3.21. The Morgan fingerprint density at radius 2 is 2.14 bits per heavy atom. The highest BCUT2D eigenvalue weighted by atomic mass is 79.9. The fourth-order valence-electron chi connectivity index (χ4n) is 1.35. The van der Waals surface area contributed by atoms with Gasteiger partial charge in [-0.2, -0.15) is 0 Å². The molecule has 0 atom stereocenters. The molecule has 0 fully saturated rings. The number of esters is 1. The van der Waals surface area contributed by atoms with Gasteiger partial charge in [0.1, 0.15) is 5.82 Å². The molecule has 6 heteroatoms. The van der Waals surface area contributed by atoms with Crippen molar-refractivity contribution in [3.05, 3.63) is 40.1 Å². The van der Waals surface area contributed by atoms with Crippen LogP contribution in [0, 0.1) is 11.7 Å². The van der Waals surface area contributed by atoms with Crippen molar-refractivity contribution in [3.8, 4) is 0 Å². The zero-order valence-corrected chi connectivity index (χ0v) is 13.4. The van der Waals surface area contributed by atoms with Crippen LogP contribution in [0.5, 0.6) is 0 Å². The molecule has 0 saturated carbocycles. The molecule has 0 unspecified atom stereocenters. The molecule has 1 amide bonds. The van der Waals surface area contributed by atoms with Crippen LogP contribution in [0.1, 0.15) is 19.4 Å². The van der Waals surface area contributed by atoms with Crippen LogP contribution < -0.4 is 5.32 Å². The fourth-order valence-corrected chi connectivity index (χ4v) is 1.73. The topological polar surface area (TPSA) is 55.4 Å².